The van der Waals surface area contributed by atoms with E-state index in [4.69, 9.17) is 14.2 Å². The summed E-state index contributed by atoms with van der Waals surface area (Å²) in [6, 6.07) is 6.51. The van der Waals surface area contributed by atoms with E-state index in [0.717, 1.165) is 12.2 Å². The number of hydrogen-bond acceptors (Lipinski definition) is 4. The van der Waals surface area contributed by atoms with Crippen molar-refractivity contribution in [2.45, 2.75) is 19.4 Å². The van der Waals surface area contributed by atoms with Crippen molar-refractivity contribution in [2.24, 2.45) is 0 Å². The second kappa shape index (κ2) is 8.91. The molecule has 1 rings (SSSR count). The molecule has 1 aromatic carbocycles. The lowest BCUT2D eigenvalue weighted by atomic mass is 10.0. The van der Waals surface area contributed by atoms with Gasteiger partial charge in [0.15, 0.2) is 0 Å². The Kier molecular flexibility index (Phi) is 7.48. The third-order valence-corrected chi connectivity index (χ3v) is 3.06. The van der Waals surface area contributed by atoms with Gasteiger partial charge < -0.3 is 19.5 Å². The highest BCUT2D eigenvalue weighted by molar-refractivity contribution is 5.37. The third kappa shape index (κ3) is 5.59. The standard InChI is InChI=1S/C15H25NO3/c1-12-5-6-15(18-4)13(9-12)10-14(16-2)11-19-8-7-17-3/h5-6,9,14,16H,7-8,10-11H2,1-4H3. The molecule has 0 aliphatic heterocycles. The zero-order chi connectivity index (χ0) is 14.1. The summed E-state index contributed by atoms with van der Waals surface area (Å²) in [5.74, 6) is 0.933. The molecule has 0 aromatic heterocycles. The number of methoxy groups -OCH3 is 2. The van der Waals surface area contributed by atoms with Crippen molar-refractivity contribution in [2.75, 3.05) is 41.1 Å². The Balaban J connectivity index is 2.56. The van der Waals surface area contributed by atoms with Gasteiger partial charge in [0.1, 0.15) is 5.75 Å². The number of rotatable bonds is 9. The molecule has 0 aliphatic carbocycles. The second-order valence-electron chi connectivity index (χ2n) is 4.57. The van der Waals surface area contributed by atoms with E-state index in [1.54, 1.807) is 14.2 Å². The molecule has 1 unspecified atom stereocenters. The molecule has 0 saturated heterocycles. The highest BCUT2D eigenvalue weighted by atomic mass is 16.5. The summed E-state index contributed by atoms with van der Waals surface area (Å²) in [5.41, 5.74) is 2.45. The van der Waals surface area contributed by atoms with Crippen LogP contribution in [0.1, 0.15) is 11.1 Å². The highest BCUT2D eigenvalue weighted by Gasteiger charge is 2.11. The van der Waals surface area contributed by atoms with Crippen LogP contribution in [0.25, 0.3) is 0 Å². The maximum atomic E-state index is 5.57. The van der Waals surface area contributed by atoms with Crippen LogP contribution in [0.2, 0.25) is 0 Å². The predicted octanol–water partition coefficient (Wildman–Crippen LogP) is 1.80. The van der Waals surface area contributed by atoms with Gasteiger partial charge in [0.05, 0.1) is 26.9 Å². The Morgan fingerprint density at radius 3 is 2.63 bits per heavy atom. The molecule has 0 saturated carbocycles. The molecule has 108 valence electrons. The Hall–Kier alpha value is -1.10. The van der Waals surface area contributed by atoms with Gasteiger partial charge in [-0.3, -0.25) is 0 Å². The van der Waals surface area contributed by atoms with Crippen LogP contribution in [0.3, 0.4) is 0 Å². The van der Waals surface area contributed by atoms with Crippen LogP contribution in [0.5, 0.6) is 5.75 Å². The maximum Gasteiger partial charge on any atom is 0.122 e. The topological polar surface area (TPSA) is 39.7 Å². The second-order valence-corrected chi connectivity index (χ2v) is 4.57. The zero-order valence-electron chi connectivity index (χ0n) is 12.4. The summed E-state index contributed by atoms with van der Waals surface area (Å²) in [5, 5.41) is 3.28. The Labute approximate surface area is 116 Å². The molecule has 0 fully saturated rings. The number of likely N-dealkylation sites (N-methyl/N-ethyl adjacent to an activating group) is 1. The third-order valence-electron chi connectivity index (χ3n) is 3.06. The van der Waals surface area contributed by atoms with Crippen molar-refractivity contribution in [1.29, 1.82) is 0 Å². The molecule has 0 amide bonds. The molecule has 4 nitrogen and oxygen atoms in total. The molecular formula is C15H25NO3. The van der Waals surface area contributed by atoms with Crippen LogP contribution in [-0.2, 0) is 15.9 Å². The minimum Gasteiger partial charge on any atom is -0.496 e. The van der Waals surface area contributed by atoms with Crippen LogP contribution in [0, 0.1) is 6.92 Å². The van der Waals surface area contributed by atoms with Gasteiger partial charge in [0.25, 0.3) is 0 Å². The Morgan fingerprint density at radius 2 is 2.00 bits per heavy atom. The summed E-state index contributed by atoms with van der Waals surface area (Å²) in [4.78, 5) is 0. The number of nitrogens with one attached hydrogen (secondary N) is 1. The molecule has 0 aliphatic rings. The van der Waals surface area contributed by atoms with Crippen LogP contribution in [0.4, 0.5) is 0 Å². The van der Waals surface area contributed by atoms with Crippen LogP contribution in [-0.4, -0.2) is 47.1 Å². The molecule has 1 atom stereocenters. The minimum atomic E-state index is 0.271. The van der Waals surface area contributed by atoms with Gasteiger partial charge in [-0.2, -0.15) is 0 Å². The molecule has 1 N–H and O–H groups in total. The van der Waals surface area contributed by atoms with E-state index >= 15 is 0 Å². The first kappa shape index (κ1) is 16.0. The van der Waals surface area contributed by atoms with Crippen molar-refractivity contribution in [3.05, 3.63) is 29.3 Å². The van der Waals surface area contributed by atoms with Gasteiger partial charge in [-0.1, -0.05) is 17.7 Å². The summed E-state index contributed by atoms with van der Waals surface area (Å²) >= 11 is 0. The van der Waals surface area contributed by atoms with Gasteiger partial charge in [0.2, 0.25) is 0 Å². The summed E-state index contributed by atoms with van der Waals surface area (Å²) < 4.78 is 15.9. The van der Waals surface area contributed by atoms with Gasteiger partial charge in [0, 0.05) is 13.2 Å². The summed E-state index contributed by atoms with van der Waals surface area (Å²) in [6.45, 7) is 4.01. The maximum absolute atomic E-state index is 5.57. The van der Waals surface area contributed by atoms with E-state index in [0.29, 0.717) is 19.8 Å². The van der Waals surface area contributed by atoms with E-state index in [2.05, 4.69) is 24.4 Å². The lowest BCUT2D eigenvalue weighted by Gasteiger charge is -2.18. The molecule has 4 heteroatoms. The van der Waals surface area contributed by atoms with Crippen LogP contribution in [0.15, 0.2) is 18.2 Å². The van der Waals surface area contributed by atoms with Gasteiger partial charge >= 0.3 is 0 Å². The quantitative estimate of drug-likeness (QED) is 0.693. The van der Waals surface area contributed by atoms with E-state index in [-0.39, 0.29) is 6.04 Å². The molecule has 1 aromatic rings. The largest absolute Gasteiger partial charge is 0.496 e. The van der Waals surface area contributed by atoms with Gasteiger partial charge in [-0.05, 0) is 32.0 Å². The predicted molar refractivity (Wildman–Crippen MR) is 77.0 cm³/mol. The fraction of sp³-hybridized carbons (Fsp3) is 0.600. The SMILES string of the molecule is CNC(COCCOC)Cc1cc(C)ccc1OC. The summed E-state index contributed by atoms with van der Waals surface area (Å²) in [7, 11) is 5.33. The normalized spacial score (nSPS) is 12.4. The van der Waals surface area contributed by atoms with Crippen molar-refractivity contribution < 1.29 is 14.2 Å². The fourth-order valence-electron chi connectivity index (χ4n) is 1.94. The lowest BCUT2D eigenvalue weighted by Crippen LogP contribution is -2.33. The Bertz CT molecular complexity index is 368. The van der Waals surface area contributed by atoms with E-state index < -0.39 is 0 Å². The molecule has 0 bridgehead atoms. The average Bonchev–Trinajstić information content (AvgIpc) is 2.42. The number of hydrogen-bond donors (Lipinski definition) is 1. The van der Waals surface area contributed by atoms with Crippen LogP contribution >= 0.6 is 0 Å². The van der Waals surface area contributed by atoms with Gasteiger partial charge in [-0.15, -0.1) is 0 Å². The molecule has 19 heavy (non-hydrogen) atoms. The minimum absolute atomic E-state index is 0.271. The molecular weight excluding hydrogens is 242 g/mol. The highest BCUT2D eigenvalue weighted by Crippen LogP contribution is 2.21. The lowest BCUT2D eigenvalue weighted by molar-refractivity contribution is 0.0597. The fourth-order valence-corrected chi connectivity index (χ4v) is 1.94. The number of ether oxygens (including phenoxy) is 3. The Morgan fingerprint density at radius 1 is 1.21 bits per heavy atom. The van der Waals surface area contributed by atoms with Crippen molar-refractivity contribution in [1.82, 2.24) is 5.32 Å². The monoisotopic (exact) mass is 267 g/mol. The average molecular weight is 267 g/mol. The molecule has 0 spiro atoms. The summed E-state index contributed by atoms with van der Waals surface area (Å²) in [6.07, 6.45) is 0.883. The van der Waals surface area contributed by atoms with Crippen LogP contribution < -0.4 is 10.1 Å². The van der Waals surface area contributed by atoms with Crippen molar-refractivity contribution in [3.8, 4) is 5.75 Å². The number of benzene rings is 1. The van der Waals surface area contributed by atoms with E-state index in [1.165, 1.54) is 11.1 Å². The molecule has 0 heterocycles. The first-order valence-corrected chi connectivity index (χ1v) is 6.58. The first-order valence-electron chi connectivity index (χ1n) is 6.58. The first-order chi connectivity index (χ1) is 9.21. The van der Waals surface area contributed by atoms with Gasteiger partial charge in [-0.25, -0.2) is 0 Å². The van der Waals surface area contributed by atoms with E-state index in [9.17, 15) is 0 Å². The zero-order valence-corrected chi connectivity index (χ0v) is 12.4. The number of aryl methyl sites for hydroxylation is 1. The van der Waals surface area contributed by atoms with E-state index in [1.807, 2.05) is 13.1 Å². The molecule has 0 radical (unpaired) electrons. The smallest absolute Gasteiger partial charge is 0.122 e. The van der Waals surface area contributed by atoms with Crippen molar-refractivity contribution >= 4 is 0 Å². The van der Waals surface area contributed by atoms with Crippen molar-refractivity contribution in [3.63, 3.8) is 0 Å².